The quantitative estimate of drug-likeness (QED) is 0.779. The van der Waals surface area contributed by atoms with Crippen molar-refractivity contribution in [1.82, 2.24) is 9.97 Å². The van der Waals surface area contributed by atoms with Crippen LogP contribution in [0.2, 0.25) is 5.02 Å². The number of aromatic amines is 1. The van der Waals surface area contributed by atoms with E-state index in [-0.39, 0.29) is 0 Å². The van der Waals surface area contributed by atoms with Crippen LogP contribution in [0.5, 0.6) is 0 Å². The van der Waals surface area contributed by atoms with Crippen molar-refractivity contribution >= 4 is 11.6 Å². The van der Waals surface area contributed by atoms with Crippen LogP contribution in [0.15, 0.2) is 36.8 Å². The highest BCUT2D eigenvalue weighted by atomic mass is 35.5. The van der Waals surface area contributed by atoms with E-state index in [2.05, 4.69) is 9.97 Å². The molecule has 0 fully saturated rings. The molecule has 0 aliphatic heterocycles. The summed E-state index contributed by atoms with van der Waals surface area (Å²) in [5.41, 5.74) is 2.34. The molecule has 2 nitrogen and oxygen atoms in total. The molecule has 0 unspecified atom stereocenters. The molecule has 1 aromatic carbocycles. The van der Waals surface area contributed by atoms with Crippen LogP contribution in [0.3, 0.4) is 0 Å². The zero-order valence-corrected chi connectivity index (χ0v) is 7.75. The average Bonchev–Trinajstić information content (AvgIpc) is 2.62. The normalized spacial score (nSPS) is 10.2. The molecule has 66 valence electrons. The summed E-state index contributed by atoms with van der Waals surface area (Å²) in [5, 5.41) is 0.772. The number of benzene rings is 1. The van der Waals surface area contributed by atoms with Gasteiger partial charge in [0.25, 0.3) is 0 Å². The minimum atomic E-state index is 0.772. The maximum absolute atomic E-state index is 5.77. The Kier molecular flexibility index (Phi) is 2.32. The molecule has 2 aromatic rings. The predicted octanol–water partition coefficient (Wildman–Crippen LogP) is 2.65. The second kappa shape index (κ2) is 3.62. The summed E-state index contributed by atoms with van der Waals surface area (Å²) >= 11 is 5.77. The Morgan fingerprint density at radius 1 is 1.23 bits per heavy atom. The maximum Gasteiger partial charge on any atom is 0.0921 e. The molecule has 2 rings (SSSR count). The molecule has 1 N–H and O–H groups in total. The van der Waals surface area contributed by atoms with Crippen LogP contribution in [0, 0.1) is 0 Å². The summed E-state index contributed by atoms with van der Waals surface area (Å²) in [4.78, 5) is 7.01. The van der Waals surface area contributed by atoms with Crippen molar-refractivity contribution in [3.8, 4) is 0 Å². The van der Waals surface area contributed by atoms with Gasteiger partial charge in [-0.25, -0.2) is 4.98 Å². The van der Waals surface area contributed by atoms with Gasteiger partial charge in [0, 0.05) is 23.3 Å². The van der Waals surface area contributed by atoms with Crippen LogP contribution in [-0.2, 0) is 6.42 Å². The van der Waals surface area contributed by atoms with E-state index in [1.807, 2.05) is 30.5 Å². The van der Waals surface area contributed by atoms with Crippen LogP contribution in [0.1, 0.15) is 11.3 Å². The van der Waals surface area contributed by atoms with Crippen LogP contribution >= 0.6 is 11.6 Å². The molecular formula is C10H9ClN2. The third-order valence-electron chi connectivity index (χ3n) is 1.86. The minimum absolute atomic E-state index is 0.772. The molecule has 0 aliphatic rings. The Morgan fingerprint density at radius 3 is 2.62 bits per heavy atom. The van der Waals surface area contributed by atoms with E-state index in [4.69, 9.17) is 11.6 Å². The zero-order chi connectivity index (χ0) is 9.10. The van der Waals surface area contributed by atoms with Crippen molar-refractivity contribution in [2.75, 3.05) is 0 Å². The average molecular weight is 193 g/mol. The summed E-state index contributed by atoms with van der Waals surface area (Å²) < 4.78 is 0. The highest BCUT2D eigenvalue weighted by molar-refractivity contribution is 6.30. The van der Waals surface area contributed by atoms with Crippen molar-refractivity contribution in [2.24, 2.45) is 0 Å². The molecular weight excluding hydrogens is 184 g/mol. The third-order valence-corrected chi connectivity index (χ3v) is 2.11. The van der Waals surface area contributed by atoms with Crippen molar-refractivity contribution in [3.63, 3.8) is 0 Å². The number of imidazole rings is 1. The van der Waals surface area contributed by atoms with Crippen LogP contribution < -0.4 is 0 Å². The fourth-order valence-electron chi connectivity index (χ4n) is 1.20. The first kappa shape index (κ1) is 8.32. The van der Waals surface area contributed by atoms with E-state index >= 15 is 0 Å². The number of H-pyrrole nitrogens is 1. The molecule has 3 heteroatoms. The fourth-order valence-corrected chi connectivity index (χ4v) is 1.33. The lowest BCUT2D eigenvalue weighted by atomic mass is 10.1. The van der Waals surface area contributed by atoms with Gasteiger partial charge in [-0.15, -0.1) is 0 Å². The number of nitrogens with one attached hydrogen (secondary N) is 1. The van der Waals surface area contributed by atoms with Crippen molar-refractivity contribution in [2.45, 2.75) is 6.42 Å². The lowest BCUT2D eigenvalue weighted by Crippen LogP contribution is -1.86. The Morgan fingerprint density at radius 2 is 2.00 bits per heavy atom. The van der Waals surface area contributed by atoms with E-state index in [1.165, 1.54) is 5.56 Å². The number of hydrogen-bond donors (Lipinski definition) is 1. The van der Waals surface area contributed by atoms with E-state index in [0.717, 1.165) is 17.1 Å². The van der Waals surface area contributed by atoms with Crippen molar-refractivity contribution in [3.05, 3.63) is 53.1 Å². The zero-order valence-electron chi connectivity index (χ0n) is 7.00. The van der Waals surface area contributed by atoms with E-state index < -0.39 is 0 Å². The van der Waals surface area contributed by atoms with Gasteiger partial charge in [0.05, 0.1) is 6.33 Å². The molecule has 0 aliphatic carbocycles. The van der Waals surface area contributed by atoms with E-state index in [1.54, 1.807) is 6.33 Å². The van der Waals surface area contributed by atoms with E-state index in [0.29, 0.717) is 0 Å². The second-order valence-corrected chi connectivity index (χ2v) is 3.32. The van der Waals surface area contributed by atoms with Gasteiger partial charge in [0.1, 0.15) is 0 Å². The van der Waals surface area contributed by atoms with Gasteiger partial charge in [-0.3, -0.25) is 0 Å². The van der Waals surface area contributed by atoms with Gasteiger partial charge in [-0.1, -0.05) is 23.7 Å². The van der Waals surface area contributed by atoms with Crippen molar-refractivity contribution < 1.29 is 0 Å². The molecule has 0 saturated heterocycles. The molecule has 0 atom stereocenters. The highest BCUT2D eigenvalue weighted by Gasteiger charge is 1.96. The molecule has 0 radical (unpaired) electrons. The monoisotopic (exact) mass is 192 g/mol. The molecule has 1 aromatic heterocycles. The lowest BCUT2D eigenvalue weighted by molar-refractivity contribution is 1.11. The predicted molar refractivity (Wildman–Crippen MR) is 52.8 cm³/mol. The number of nitrogens with zero attached hydrogens (tertiary/aromatic N) is 1. The smallest absolute Gasteiger partial charge is 0.0921 e. The number of aromatic nitrogens is 2. The SMILES string of the molecule is Clc1ccc(Cc2cnc[nH]2)cc1. The Balaban J connectivity index is 2.15. The van der Waals surface area contributed by atoms with Gasteiger partial charge >= 0.3 is 0 Å². The van der Waals surface area contributed by atoms with Gasteiger partial charge < -0.3 is 4.98 Å². The first-order chi connectivity index (χ1) is 6.34. The Hall–Kier alpha value is -1.28. The first-order valence-corrected chi connectivity index (χ1v) is 4.44. The molecule has 0 amide bonds. The summed E-state index contributed by atoms with van der Waals surface area (Å²) in [7, 11) is 0. The standard InChI is InChI=1S/C10H9ClN2/c11-9-3-1-8(2-4-9)5-10-6-12-7-13-10/h1-4,6-7H,5H2,(H,12,13). The summed E-state index contributed by atoms with van der Waals surface area (Å²) in [5.74, 6) is 0. The molecule has 0 saturated carbocycles. The third kappa shape index (κ3) is 2.10. The van der Waals surface area contributed by atoms with E-state index in [9.17, 15) is 0 Å². The maximum atomic E-state index is 5.77. The van der Waals surface area contributed by atoms with Crippen LogP contribution in [0.4, 0.5) is 0 Å². The fraction of sp³-hybridized carbons (Fsp3) is 0.100. The highest BCUT2D eigenvalue weighted by Crippen LogP contribution is 2.11. The largest absolute Gasteiger partial charge is 0.348 e. The molecule has 13 heavy (non-hydrogen) atoms. The van der Waals surface area contributed by atoms with Crippen LogP contribution in [0.25, 0.3) is 0 Å². The van der Waals surface area contributed by atoms with Gasteiger partial charge in [-0.2, -0.15) is 0 Å². The van der Waals surface area contributed by atoms with Gasteiger partial charge in [0.2, 0.25) is 0 Å². The summed E-state index contributed by atoms with van der Waals surface area (Å²) in [6.45, 7) is 0. The lowest BCUT2D eigenvalue weighted by Gasteiger charge is -1.97. The minimum Gasteiger partial charge on any atom is -0.348 e. The summed E-state index contributed by atoms with van der Waals surface area (Å²) in [6, 6.07) is 7.83. The Labute approximate surface area is 81.6 Å². The van der Waals surface area contributed by atoms with Gasteiger partial charge in [0.15, 0.2) is 0 Å². The molecule has 0 bridgehead atoms. The van der Waals surface area contributed by atoms with Crippen molar-refractivity contribution in [1.29, 1.82) is 0 Å². The second-order valence-electron chi connectivity index (χ2n) is 2.88. The van der Waals surface area contributed by atoms with Gasteiger partial charge in [-0.05, 0) is 17.7 Å². The Bertz CT molecular complexity index is 364. The first-order valence-electron chi connectivity index (χ1n) is 4.06. The number of rotatable bonds is 2. The summed E-state index contributed by atoms with van der Waals surface area (Å²) in [6.07, 6.45) is 4.39. The molecule has 1 heterocycles. The number of hydrogen-bond acceptors (Lipinski definition) is 1. The topological polar surface area (TPSA) is 28.7 Å². The van der Waals surface area contributed by atoms with Crippen LogP contribution in [-0.4, -0.2) is 9.97 Å². The number of halogens is 1. The molecule has 0 spiro atoms.